The van der Waals surface area contributed by atoms with E-state index in [-0.39, 0.29) is 6.17 Å². The standard InChI is InChI=1S/C13H18F3N3/c1-2-18-12-9-17-6-7-19(12)11-5-3-4-10(8-11)13(14,15)16/h3-5,8,12,17-18H,2,6-7,9H2,1H3. The fraction of sp³-hybridized carbons (Fsp3) is 0.538. The first-order valence-corrected chi connectivity index (χ1v) is 6.40. The van der Waals surface area contributed by atoms with Crippen LogP contribution in [0.5, 0.6) is 0 Å². The van der Waals surface area contributed by atoms with Gasteiger partial charge in [-0.1, -0.05) is 13.0 Å². The van der Waals surface area contributed by atoms with Crippen molar-refractivity contribution >= 4 is 5.69 Å². The Morgan fingerprint density at radius 1 is 1.42 bits per heavy atom. The summed E-state index contributed by atoms with van der Waals surface area (Å²) in [5.74, 6) is 0. The summed E-state index contributed by atoms with van der Waals surface area (Å²) in [4.78, 5) is 1.98. The van der Waals surface area contributed by atoms with Gasteiger partial charge in [0.25, 0.3) is 0 Å². The summed E-state index contributed by atoms with van der Waals surface area (Å²) < 4.78 is 38.2. The Kier molecular flexibility index (Phi) is 4.31. The van der Waals surface area contributed by atoms with Crippen LogP contribution in [-0.2, 0) is 6.18 Å². The van der Waals surface area contributed by atoms with Gasteiger partial charge >= 0.3 is 6.18 Å². The molecule has 1 fully saturated rings. The van der Waals surface area contributed by atoms with E-state index in [0.717, 1.165) is 25.7 Å². The molecule has 2 rings (SSSR count). The monoisotopic (exact) mass is 273 g/mol. The van der Waals surface area contributed by atoms with Gasteiger partial charge in [-0.25, -0.2) is 0 Å². The number of hydrogen-bond donors (Lipinski definition) is 2. The highest BCUT2D eigenvalue weighted by Crippen LogP contribution is 2.32. The van der Waals surface area contributed by atoms with Crippen LogP contribution in [0.25, 0.3) is 0 Å². The summed E-state index contributed by atoms with van der Waals surface area (Å²) in [5, 5.41) is 6.51. The van der Waals surface area contributed by atoms with Gasteiger partial charge in [0.15, 0.2) is 0 Å². The molecule has 19 heavy (non-hydrogen) atoms. The second-order valence-corrected chi connectivity index (χ2v) is 4.52. The molecule has 0 radical (unpaired) electrons. The van der Waals surface area contributed by atoms with Crippen molar-refractivity contribution in [3.05, 3.63) is 29.8 Å². The maximum atomic E-state index is 12.7. The molecule has 0 saturated carbocycles. The lowest BCUT2D eigenvalue weighted by atomic mass is 10.1. The van der Waals surface area contributed by atoms with Crippen LogP contribution in [0.4, 0.5) is 18.9 Å². The van der Waals surface area contributed by atoms with E-state index >= 15 is 0 Å². The summed E-state index contributed by atoms with van der Waals surface area (Å²) in [5.41, 5.74) is 0.0149. The lowest BCUT2D eigenvalue weighted by Crippen LogP contribution is -2.58. The van der Waals surface area contributed by atoms with Gasteiger partial charge in [0.05, 0.1) is 11.7 Å². The second kappa shape index (κ2) is 5.79. The molecule has 0 aliphatic carbocycles. The highest BCUT2D eigenvalue weighted by molar-refractivity contribution is 5.50. The van der Waals surface area contributed by atoms with Gasteiger partial charge in [0.2, 0.25) is 0 Å². The van der Waals surface area contributed by atoms with E-state index in [1.165, 1.54) is 12.1 Å². The topological polar surface area (TPSA) is 27.3 Å². The smallest absolute Gasteiger partial charge is 0.353 e. The van der Waals surface area contributed by atoms with Crippen molar-refractivity contribution in [3.8, 4) is 0 Å². The molecule has 1 aromatic carbocycles. The van der Waals surface area contributed by atoms with Gasteiger partial charge in [-0.15, -0.1) is 0 Å². The maximum Gasteiger partial charge on any atom is 0.416 e. The highest BCUT2D eigenvalue weighted by atomic mass is 19.4. The molecule has 0 bridgehead atoms. The minimum absolute atomic E-state index is 0.0298. The molecular formula is C13H18F3N3. The van der Waals surface area contributed by atoms with Gasteiger partial charge < -0.3 is 10.2 Å². The van der Waals surface area contributed by atoms with Crippen LogP contribution in [0.2, 0.25) is 0 Å². The minimum atomic E-state index is -4.29. The van der Waals surface area contributed by atoms with Gasteiger partial charge in [-0.05, 0) is 24.7 Å². The van der Waals surface area contributed by atoms with Gasteiger partial charge in [0, 0.05) is 25.3 Å². The van der Waals surface area contributed by atoms with E-state index in [1.807, 2.05) is 11.8 Å². The zero-order valence-electron chi connectivity index (χ0n) is 10.8. The Balaban J connectivity index is 2.24. The second-order valence-electron chi connectivity index (χ2n) is 4.52. The quantitative estimate of drug-likeness (QED) is 0.882. The van der Waals surface area contributed by atoms with Crippen LogP contribution in [0.1, 0.15) is 12.5 Å². The summed E-state index contributed by atoms with van der Waals surface area (Å²) >= 11 is 0. The van der Waals surface area contributed by atoms with Crippen LogP contribution in [0.3, 0.4) is 0 Å². The largest absolute Gasteiger partial charge is 0.416 e. The molecule has 1 aliphatic heterocycles. The third kappa shape index (κ3) is 3.39. The van der Waals surface area contributed by atoms with Gasteiger partial charge in [0.1, 0.15) is 0 Å². The molecule has 0 amide bonds. The third-order valence-electron chi connectivity index (χ3n) is 3.19. The Hall–Kier alpha value is -1.27. The summed E-state index contributed by atoms with van der Waals surface area (Å²) in [6, 6.07) is 5.51. The number of piperazine rings is 1. The average Bonchev–Trinajstić information content (AvgIpc) is 2.39. The molecular weight excluding hydrogens is 255 g/mol. The lowest BCUT2D eigenvalue weighted by Gasteiger charge is -2.38. The fourth-order valence-corrected chi connectivity index (χ4v) is 2.29. The van der Waals surface area contributed by atoms with Gasteiger partial charge in [-0.3, -0.25) is 5.32 Å². The molecule has 2 N–H and O–H groups in total. The Morgan fingerprint density at radius 2 is 2.21 bits per heavy atom. The molecule has 1 heterocycles. The summed E-state index contributed by atoms with van der Waals surface area (Å²) in [6.45, 7) is 4.96. The molecule has 0 aromatic heterocycles. The molecule has 1 aromatic rings. The molecule has 0 spiro atoms. The average molecular weight is 273 g/mol. The highest BCUT2D eigenvalue weighted by Gasteiger charge is 2.31. The predicted molar refractivity (Wildman–Crippen MR) is 69.1 cm³/mol. The minimum Gasteiger partial charge on any atom is -0.353 e. The summed E-state index contributed by atoms with van der Waals surface area (Å²) in [7, 11) is 0. The van der Waals surface area contributed by atoms with Crippen molar-refractivity contribution < 1.29 is 13.2 Å². The SMILES string of the molecule is CCNC1CNCCN1c1cccc(C(F)(F)F)c1. The molecule has 6 heteroatoms. The van der Waals surface area contributed by atoms with Crippen LogP contribution in [0, 0.1) is 0 Å². The van der Waals surface area contributed by atoms with E-state index in [0.29, 0.717) is 12.2 Å². The van der Waals surface area contributed by atoms with Crippen molar-refractivity contribution in [3.63, 3.8) is 0 Å². The van der Waals surface area contributed by atoms with Crippen LogP contribution >= 0.6 is 0 Å². The fourth-order valence-electron chi connectivity index (χ4n) is 2.29. The molecule has 3 nitrogen and oxygen atoms in total. The van der Waals surface area contributed by atoms with Crippen molar-refractivity contribution in [2.24, 2.45) is 0 Å². The van der Waals surface area contributed by atoms with E-state index in [4.69, 9.17) is 0 Å². The molecule has 1 aliphatic rings. The Labute approximate surface area is 110 Å². The van der Waals surface area contributed by atoms with E-state index in [9.17, 15) is 13.2 Å². The number of benzene rings is 1. The number of nitrogens with one attached hydrogen (secondary N) is 2. The zero-order chi connectivity index (χ0) is 13.9. The van der Waals surface area contributed by atoms with Crippen LogP contribution in [-0.4, -0.2) is 32.3 Å². The number of likely N-dealkylation sites (N-methyl/N-ethyl adjacent to an activating group) is 1. The normalized spacial score (nSPS) is 20.6. The third-order valence-corrected chi connectivity index (χ3v) is 3.19. The Morgan fingerprint density at radius 3 is 2.89 bits per heavy atom. The number of rotatable bonds is 3. The van der Waals surface area contributed by atoms with E-state index in [2.05, 4.69) is 10.6 Å². The lowest BCUT2D eigenvalue weighted by molar-refractivity contribution is -0.137. The van der Waals surface area contributed by atoms with Crippen molar-refractivity contribution in [1.82, 2.24) is 10.6 Å². The maximum absolute atomic E-state index is 12.7. The number of halogens is 3. The number of alkyl halides is 3. The van der Waals surface area contributed by atoms with E-state index in [1.54, 1.807) is 6.07 Å². The van der Waals surface area contributed by atoms with Crippen LogP contribution in [0.15, 0.2) is 24.3 Å². The number of nitrogens with zero attached hydrogens (tertiary/aromatic N) is 1. The molecule has 106 valence electrons. The van der Waals surface area contributed by atoms with Crippen molar-refractivity contribution in [2.75, 3.05) is 31.1 Å². The first-order chi connectivity index (χ1) is 9.02. The first-order valence-electron chi connectivity index (χ1n) is 6.40. The van der Waals surface area contributed by atoms with Gasteiger partial charge in [-0.2, -0.15) is 13.2 Å². The molecule has 1 unspecified atom stereocenters. The number of hydrogen-bond acceptors (Lipinski definition) is 3. The zero-order valence-corrected chi connectivity index (χ0v) is 10.8. The van der Waals surface area contributed by atoms with Crippen molar-refractivity contribution in [2.45, 2.75) is 19.3 Å². The molecule has 1 atom stereocenters. The van der Waals surface area contributed by atoms with Crippen molar-refractivity contribution in [1.29, 1.82) is 0 Å². The first kappa shape index (κ1) is 14.1. The Bertz CT molecular complexity index is 418. The number of anilines is 1. The van der Waals surface area contributed by atoms with E-state index < -0.39 is 11.7 Å². The summed E-state index contributed by atoms with van der Waals surface area (Å²) in [6.07, 6.45) is -4.26. The predicted octanol–water partition coefficient (Wildman–Crippen LogP) is 2.05. The van der Waals surface area contributed by atoms with Crippen LogP contribution < -0.4 is 15.5 Å². The molecule has 1 saturated heterocycles.